The Morgan fingerprint density at radius 3 is 2.47 bits per heavy atom. The highest BCUT2D eigenvalue weighted by Gasteiger charge is 2.20. The zero-order chi connectivity index (χ0) is 10.8. The van der Waals surface area contributed by atoms with Crippen LogP contribution in [0.2, 0.25) is 0 Å². The summed E-state index contributed by atoms with van der Waals surface area (Å²) in [6, 6.07) is 0. The molecule has 3 nitrogen and oxygen atoms in total. The number of rotatable bonds is 2. The van der Waals surface area contributed by atoms with Crippen molar-refractivity contribution in [2.45, 2.75) is 52.1 Å². The van der Waals surface area contributed by atoms with Crippen LogP contribution in [0.1, 0.15) is 42.9 Å². The number of H-pyrrole nitrogens is 1. The molecule has 2 rings (SSSR count). The summed E-state index contributed by atoms with van der Waals surface area (Å²) in [4.78, 5) is 7.72. The second kappa shape index (κ2) is 4.35. The molecule has 2 N–H and O–H groups in total. The Bertz CT molecular complexity index is 324. The van der Waals surface area contributed by atoms with Gasteiger partial charge in [-0.25, -0.2) is 4.98 Å². The molecule has 1 aliphatic carbocycles. The predicted octanol–water partition coefficient (Wildman–Crippen LogP) is 2.12. The summed E-state index contributed by atoms with van der Waals surface area (Å²) >= 11 is 0. The van der Waals surface area contributed by atoms with Gasteiger partial charge in [0.15, 0.2) is 0 Å². The topological polar surface area (TPSA) is 48.9 Å². The van der Waals surface area contributed by atoms with Crippen molar-refractivity contribution < 1.29 is 5.11 Å². The summed E-state index contributed by atoms with van der Waals surface area (Å²) in [5.41, 5.74) is 2.42. The number of aromatic nitrogens is 2. The maximum atomic E-state index is 9.43. The number of imidazole rings is 1. The van der Waals surface area contributed by atoms with Crippen molar-refractivity contribution in [2.24, 2.45) is 5.92 Å². The second-order valence-electron chi connectivity index (χ2n) is 4.76. The predicted molar refractivity (Wildman–Crippen MR) is 59.7 cm³/mol. The van der Waals surface area contributed by atoms with Crippen molar-refractivity contribution in [1.82, 2.24) is 9.97 Å². The molecule has 1 aromatic rings. The van der Waals surface area contributed by atoms with Gasteiger partial charge in [0.2, 0.25) is 0 Å². The number of nitrogens with one attached hydrogen (secondary N) is 1. The number of aliphatic hydroxyl groups excluding tert-OH is 1. The third-order valence-electron chi connectivity index (χ3n) is 3.41. The lowest BCUT2D eigenvalue weighted by molar-refractivity contribution is 0.108. The first-order valence-electron chi connectivity index (χ1n) is 5.85. The largest absolute Gasteiger partial charge is 0.393 e. The van der Waals surface area contributed by atoms with Crippen LogP contribution in [0.25, 0.3) is 0 Å². The van der Waals surface area contributed by atoms with Crippen LogP contribution >= 0.6 is 0 Å². The Morgan fingerprint density at radius 1 is 1.27 bits per heavy atom. The van der Waals surface area contributed by atoms with Crippen molar-refractivity contribution in [2.75, 3.05) is 0 Å². The third-order valence-corrected chi connectivity index (χ3v) is 3.41. The van der Waals surface area contributed by atoms with Gasteiger partial charge in [-0.15, -0.1) is 0 Å². The lowest BCUT2D eigenvalue weighted by atomic mass is 9.84. The van der Waals surface area contributed by atoms with E-state index in [1.807, 2.05) is 6.92 Å². The molecule has 1 heterocycles. The highest BCUT2D eigenvalue weighted by Crippen LogP contribution is 2.27. The van der Waals surface area contributed by atoms with E-state index in [-0.39, 0.29) is 6.10 Å². The molecule has 0 unspecified atom stereocenters. The summed E-state index contributed by atoms with van der Waals surface area (Å²) in [5, 5.41) is 9.43. The Morgan fingerprint density at radius 2 is 1.93 bits per heavy atom. The minimum Gasteiger partial charge on any atom is -0.393 e. The van der Waals surface area contributed by atoms with Gasteiger partial charge in [0.1, 0.15) is 5.82 Å². The molecular weight excluding hydrogens is 188 g/mol. The molecule has 1 saturated carbocycles. The van der Waals surface area contributed by atoms with Crippen molar-refractivity contribution in [3.05, 3.63) is 17.2 Å². The first-order valence-corrected chi connectivity index (χ1v) is 5.85. The Hall–Kier alpha value is -0.830. The summed E-state index contributed by atoms with van der Waals surface area (Å²) in [5.74, 6) is 1.74. The maximum Gasteiger partial charge on any atom is 0.103 e. The van der Waals surface area contributed by atoms with Crippen LogP contribution in [0.5, 0.6) is 0 Å². The van der Waals surface area contributed by atoms with Crippen molar-refractivity contribution in [3.8, 4) is 0 Å². The van der Waals surface area contributed by atoms with E-state index in [0.717, 1.165) is 49.5 Å². The second-order valence-corrected chi connectivity index (χ2v) is 4.76. The minimum atomic E-state index is -0.0501. The number of nitrogens with zero attached hydrogens (tertiary/aromatic N) is 1. The number of aromatic amines is 1. The van der Waals surface area contributed by atoms with Crippen LogP contribution in [-0.4, -0.2) is 21.2 Å². The van der Waals surface area contributed by atoms with Crippen molar-refractivity contribution in [1.29, 1.82) is 0 Å². The van der Waals surface area contributed by atoms with Crippen LogP contribution in [0.4, 0.5) is 0 Å². The van der Waals surface area contributed by atoms with Gasteiger partial charge in [0.25, 0.3) is 0 Å². The van der Waals surface area contributed by atoms with Crippen LogP contribution < -0.4 is 0 Å². The first-order chi connectivity index (χ1) is 7.15. The number of hydrogen-bond donors (Lipinski definition) is 2. The molecule has 1 aromatic heterocycles. The fraction of sp³-hybridized carbons (Fsp3) is 0.750. The summed E-state index contributed by atoms with van der Waals surface area (Å²) < 4.78 is 0. The molecule has 0 atom stereocenters. The molecule has 0 amide bonds. The van der Waals surface area contributed by atoms with Gasteiger partial charge in [-0.2, -0.15) is 0 Å². The van der Waals surface area contributed by atoms with E-state index in [0.29, 0.717) is 0 Å². The van der Waals surface area contributed by atoms with E-state index < -0.39 is 0 Å². The molecule has 1 aliphatic rings. The molecule has 0 spiro atoms. The summed E-state index contributed by atoms with van der Waals surface area (Å²) in [7, 11) is 0. The van der Waals surface area contributed by atoms with E-state index in [1.165, 1.54) is 5.69 Å². The number of aliphatic hydroxyl groups is 1. The fourth-order valence-electron chi connectivity index (χ4n) is 2.49. The van der Waals surface area contributed by atoms with Gasteiger partial charge < -0.3 is 10.1 Å². The van der Waals surface area contributed by atoms with Gasteiger partial charge in [-0.3, -0.25) is 0 Å². The van der Waals surface area contributed by atoms with Crippen LogP contribution in [0.3, 0.4) is 0 Å². The first kappa shape index (κ1) is 10.7. The molecule has 0 aliphatic heterocycles. The average molecular weight is 208 g/mol. The maximum absolute atomic E-state index is 9.43. The van der Waals surface area contributed by atoms with Crippen LogP contribution in [0, 0.1) is 19.8 Å². The van der Waals surface area contributed by atoms with Gasteiger partial charge >= 0.3 is 0 Å². The van der Waals surface area contributed by atoms with E-state index in [9.17, 15) is 5.11 Å². The van der Waals surface area contributed by atoms with Crippen LogP contribution in [-0.2, 0) is 6.42 Å². The minimum absolute atomic E-state index is 0.0501. The molecular formula is C12H20N2O. The smallest absolute Gasteiger partial charge is 0.103 e. The number of hydrogen-bond acceptors (Lipinski definition) is 2. The Kier molecular flexibility index (Phi) is 3.10. The van der Waals surface area contributed by atoms with E-state index in [4.69, 9.17) is 0 Å². The van der Waals surface area contributed by atoms with Crippen molar-refractivity contribution >= 4 is 0 Å². The lowest BCUT2D eigenvalue weighted by Gasteiger charge is -2.24. The normalized spacial score (nSPS) is 26.9. The Balaban J connectivity index is 1.94. The fourth-order valence-corrected chi connectivity index (χ4v) is 2.49. The SMILES string of the molecule is Cc1nc(C)c(C[C@H]2CC[C@H](O)CC2)[nH]1. The van der Waals surface area contributed by atoms with Gasteiger partial charge in [-0.05, 0) is 51.9 Å². The van der Waals surface area contributed by atoms with Crippen LogP contribution in [0.15, 0.2) is 0 Å². The molecule has 0 radical (unpaired) electrons. The quantitative estimate of drug-likeness (QED) is 0.782. The molecule has 0 saturated heterocycles. The summed E-state index contributed by atoms with van der Waals surface area (Å²) in [6.07, 6.45) is 5.29. The molecule has 0 bridgehead atoms. The highest BCUT2D eigenvalue weighted by molar-refractivity contribution is 5.13. The Labute approximate surface area is 90.9 Å². The molecule has 1 fully saturated rings. The molecule has 15 heavy (non-hydrogen) atoms. The molecule has 3 heteroatoms. The van der Waals surface area contributed by atoms with E-state index >= 15 is 0 Å². The van der Waals surface area contributed by atoms with Gasteiger partial charge in [0, 0.05) is 5.69 Å². The number of aryl methyl sites for hydroxylation is 2. The summed E-state index contributed by atoms with van der Waals surface area (Å²) in [6.45, 7) is 4.07. The van der Waals surface area contributed by atoms with Crippen molar-refractivity contribution in [3.63, 3.8) is 0 Å². The van der Waals surface area contributed by atoms with Gasteiger partial charge in [0.05, 0.1) is 11.8 Å². The zero-order valence-corrected chi connectivity index (χ0v) is 9.58. The van der Waals surface area contributed by atoms with Gasteiger partial charge in [-0.1, -0.05) is 0 Å². The van der Waals surface area contributed by atoms with E-state index in [2.05, 4.69) is 16.9 Å². The highest BCUT2D eigenvalue weighted by atomic mass is 16.3. The third kappa shape index (κ3) is 2.59. The monoisotopic (exact) mass is 208 g/mol. The molecule has 84 valence electrons. The average Bonchev–Trinajstić information content (AvgIpc) is 2.49. The standard InChI is InChI=1S/C12H20N2O/c1-8-12(14-9(2)13-8)7-10-3-5-11(15)6-4-10/h10-11,15H,3-7H2,1-2H3,(H,13,14)/t10-,11-. The zero-order valence-electron chi connectivity index (χ0n) is 9.58. The molecule has 0 aromatic carbocycles. The lowest BCUT2D eigenvalue weighted by Crippen LogP contribution is -2.19. The van der Waals surface area contributed by atoms with E-state index in [1.54, 1.807) is 0 Å².